The van der Waals surface area contributed by atoms with Crippen LogP contribution in [0.5, 0.6) is 0 Å². The van der Waals surface area contributed by atoms with Gasteiger partial charge in [0.25, 0.3) is 0 Å². The summed E-state index contributed by atoms with van der Waals surface area (Å²) in [6, 6.07) is 9.26. The molecule has 0 radical (unpaired) electrons. The molecule has 1 saturated heterocycles. The van der Waals surface area contributed by atoms with Crippen molar-refractivity contribution in [3.8, 4) is 0 Å². The number of rotatable bonds is 3. The molecule has 5 heteroatoms. The average molecular weight is 263 g/mol. The van der Waals surface area contributed by atoms with Crippen LogP contribution in [0.4, 0.5) is 4.79 Å². The Morgan fingerprint density at radius 1 is 1.37 bits per heavy atom. The summed E-state index contributed by atoms with van der Waals surface area (Å²) in [6.07, 6.45) is -0.538. The van der Waals surface area contributed by atoms with Crippen molar-refractivity contribution < 1.29 is 19.4 Å². The van der Waals surface area contributed by atoms with Gasteiger partial charge in [-0.15, -0.1) is 0 Å². The zero-order valence-electron chi connectivity index (χ0n) is 10.8. The van der Waals surface area contributed by atoms with E-state index in [1.807, 2.05) is 30.3 Å². The molecule has 1 N–H and O–H groups in total. The van der Waals surface area contributed by atoms with Crippen LogP contribution in [0.25, 0.3) is 0 Å². The largest absolute Gasteiger partial charge is 0.465 e. The van der Waals surface area contributed by atoms with Gasteiger partial charge in [0, 0.05) is 13.1 Å². The summed E-state index contributed by atoms with van der Waals surface area (Å²) in [7, 11) is 0. The molecule has 1 heterocycles. The minimum Gasteiger partial charge on any atom is -0.465 e. The molecule has 1 aliphatic heterocycles. The number of esters is 1. The molecule has 0 spiro atoms. The van der Waals surface area contributed by atoms with Crippen molar-refractivity contribution in [3.05, 3.63) is 35.9 Å². The fraction of sp³-hybridized carbons (Fsp3) is 0.429. The first kappa shape index (κ1) is 13.4. The molecule has 1 unspecified atom stereocenters. The van der Waals surface area contributed by atoms with E-state index < -0.39 is 11.5 Å². The molecule has 0 aromatic heterocycles. The van der Waals surface area contributed by atoms with Gasteiger partial charge in [-0.05, 0) is 18.9 Å². The van der Waals surface area contributed by atoms with E-state index in [0.717, 1.165) is 5.56 Å². The first-order chi connectivity index (χ1) is 9.10. The van der Waals surface area contributed by atoms with Gasteiger partial charge in [0.05, 0.1) is 6.61 Å². The maximum absolute atomic E-state index is 12.3. The lowest BCUT2D eigenvalue weighted by molar-refractivity contribution is -0.149. The standard InChI is InChI=1S/C14H17NO4/c1-2-19-12(16)14(11-6-4-3-5-7-11)8-9-15(10-14)13(17)18/h3-7H,2,8-10H2,1H3,(H,17,18). The lowest BCUT2D eigenvalue weighted by atomic mass is 9.79. The average Bonchev–Trinajstić information content (AvgIpc) is 2.86. The highest BCUT2D eigenvalue weighted by Gasteiger charge is 2.48. The molecule has 19 heavy (non-hydrogen) atoms. The van der Waals surface area contributed by atoms with Gasteiger partial charge in [-0.2, -0.15) is 0 Å². The quantitative estimate of drug-likeness (QED) is 0.845. The van der Waals surface area contributed by atoms with Crippen LogP contribution >= 0.6 is 0 Å². The van der Waals surface area contributed by atoms with E-state index in [4.69, 9.17) is 9.84 Å². The van der Waals surface area contributed by atoms with Crippen LogP contribution in [0.15, 0.2) is 30.3 Å². The third-order valence-electron chi connectivity index (χ3n) is 3.53. The molecule has 0 bridgehead atoms. The smallest absolute Gasteiger partial charge is 0.407 e. The van der Waals surface area contributed by atoms with Crippen LogP contribution < -0.4 is 0 Å². The molecule has 0 aliphatic carbocycles. The second-order valence-corrected chi connectivity index (χ2v) is 4.62. The van der Waals surface area contributed by atoms with Gasteiger partial charge in [-0.3, -0.25) is 4.79 Å². The van der Waals surface area contributed by atoms with E-state index in [9.17, 15) is 9.59 Å². The monoisotopic (exact) mass is 263 g/mol. The molecule has 1 atom stereocenters. The Labute approximate surface area is 111 Å². The molecule has 102 valence electrons. The van der Waals surface area contributed by atoms with Crippen molar-refractivity contribution in [2.45, 2.75) is 18.8 Å². The Bertz CT molecular complexity index is 474. The van der Waals surface area contributed by atoms with Crippen LogP contribution in [0.1, 0.15) is 18.9 Å². The molecular formula is C14H17NO4. The van der Waals surface area contributed by atoms with Crippen LogP contribution in [0.2, 0.25) is 0 Å². The van der Waals surface area contributed by atoms with E-state index in [0.29, 0.717) is 19.6 Å². The van der Waals surface area contributed by atoms with Gasteiger partial charge >= 0.3 is 12.1 Å². The summed E-state index contributed by atoms with van der Waals surface area (Å²) in [5, 5.41) is 9.08. The van der Waals surface area contributed by atoms with Crippen LogP contribution in [-0.2, 0) is 14.9 Å². The van der Waals surface area contributed by atoms with Crippen LogP contribution in [-0.4, -0.2) is 41.8 Å². The molecule has 1 fully saturated rings. The number of carboxylic acid groups (broad SMARTS) is 1. The summed E-state index contributed by atoms with van der Waals surface area (Å²) < 4.78 is 5.15. The summed E-state index contributed by atoms with van der Waals surface area (Å²) in [5.41, 5.74) is -0.0486. The maximum Gasteiger partial charge on any atom is 0.407 e. The van der Waals surface area contributed by atoms with Crippen molar-refractivity contribution in [2.24, 2.45) is 0 Å². The highest BCUT2D eigenvalue weighted by Crippen LogP contribution is 2.36. The topological polar surface area (TPSA) is 66.8 Å². The SMILES string of the molecule is CCOC(=O)C1(c2ccccc2)CCN(C(=O)O)C1. The highest BCUT2D eigenvalue weighted by molar-refractivity contribution is 5.85. The number of nitrogens with zero attached hydrogens (tertiary/aromatic N) is 1. The summed E-state index contributed by atoms with van der Waals surface area (Å²) in [5.74, 6) is -0.343. The lowest BCUT2D eigenvalue weighted by Crippen LogP contribution is -2.41. The first-order valence-electron chi connectivity index (χ1n) is 6.31. The highest BCUT2D eigenvalue weighted by atomic mass is 16.5. The molecule has 1 aromatic carbocycles. The normalized spacial score (nSPS) is 22.3. The Balaban J connectivity index is 2.35. The van der Waals surface area contributed by atoms with E-state index in [1.165, 1.54) is 4.90 Å². The maximum atomic E-state index is 12.3. The van der Waals surface area contributed by atoms with Crippen molar-refractivity contribution >= 4 is 12.1 Å². The van der Waals surface area contributed by atoms with E-state index in [2.05, 4.69) is 0 Å². The number of amides is 1. The number of benzene rings is 1. The van der Waals surface area contributed by atoms with Crippen molar-refractivity contribution in [3.63, 3.8) is 0 Å². The van der Waals surface area contributed by atoms with E-state index in [-0.39, 0.29) is 12.5 Å². The summed E-state index contributed by atoms with van der Waals surface area (Å²) >= 11 is 0. The van der Waals surface area contributed by atoms with Crippen LogP contribution in [0.3, 0.4) is 0 Å². The third kappa shape index (κ3) is 2.41. The number of carbonyl (C=O) groups is 2. The van der Waals surface area contributed by atoms with Gasteiger partial charge in [-0.25, -0.2) is 4.79 Å². The zero-order valence-corrected chi connectivity index (χ0v) is 10.8. The molecular weight excluding hydrogens is 246 g/mol. The Morgan fingerprint density at radius 2 is 2.05 bits per heavy atom. The number of hydrogen-bond acceptors (Lipinski definition) is 3. The van der Waals surface area contributed by atoms with Crippen molar-refractivity contribution in [2.75, 3.05) is 19.7 Å². The van der Waals surface area contributed by atoms with E-state index in [1.54, 1.807) is 6.92 Å². The fourth-order valence-electron chi connectivity index (χ4n) is 2.52. The van der Waals surface area contributed by atoms with Gasteiger partial charge in [0.2, 0.25) is 0 Å². The molecule has 1 aromatic rings. The lowest BCUT2D eigenvalue weighted by Gasteiger charge is -2.27. The van der Waals surface area contributed by atoms with E-state index >= 15 is 0 Å². The molecule has 5 nitrogen and oxygen atoms in total. The molecule has 1 aliphatic rings. The Hall–Kier alpha value is -2.04. The summed E-state index contributed by atoms with van der Waals surface area (Å²) in [6.45, 7) is 2.55. The van der Waals surface area contributed by atoms with Gasteiger partial charge in [-0.1, -0.05) is 30.3 Å². The minimum absolute atomic E-state index is 0.158. The van der Waals surface area contributed by atoms with Gasteiger partial charge in [0.1, 0.15) is 5.41 Å². The molecule has 0 saturated carbocycles. The van der Waals surface area contributed by atoms with Crippen molar-refractivity contribution in [1.29, 1.82) is 0 Å². The summed E-state index contributed by atoms with van der Waals surface area (Å²) in [4.78, 5) is 24.6. The van der Waals surface area contributed by atoms with Crippen LogP contribution in [0, 0.1) is 0 Å². The molecule has 2 rings (SSSR count). The number of carbonyl (C=O) groups excluding carboxylic acids is 1. The fourth-order valence-corrected chi connectivity index (χ4v) is 2.52. The Kier molecular flexibility index (Phi) is 3.74. The number of hydrogen-bond donors (Lipinski definition) is 1. The predicted octanol–water partition coefficient (Wildman–Crippen LogP) is 1.87. The minimum atomic E-state index is -0.998. The number of ether oxygens (including phenoxy) is 1. The Morgan fingerprint density at radius 3 is 2.58 bits per heavy atom. The first-order valence-corrected chi connectivity index (χ1v) is 6.31. The number of likely N-dealkylation sites (tertiary alicyclic amines) is 1. The van der Waals surface area contributed by atoms with Gasteiger partial charge in [0.15, 0.2) is 0 Å². The molecule has 1 amide bonds. The zero-order chi connectivity index (χ0) is 13.9. The second kappa shape index (κ2) is 5.30. The predicted molar refractivity (Wildman–Crippen MR) is 69.0 cm³/mol. The third-order valence-corrected chi connectivity index (χ3v) is 3.53. The van der Waals surface area contributed by atoms with Crippen molar-refractivity contribution in [1.82, 2.24) is 4.90 Å². The van der Waals surface area contributed by atoms with Gasteiger partial charge < -0.3 is 14.7 Å². The second-order valence-electron chi connectivity index (χ2n) is 4.62.